The molecule has 104 valence electrons. The summed E-state index contributed by atoms with van der Waals surface area (Å²) in [6.07, 6.45) is 5.11. The van der Waals surface area contributed by atoms with Crippen LogP contribution < -0.4 is 0 Å². The van der Waals surface area contributed by atoms with E-state index < -0.39 is 5.60 Å². The van der Waals surface area contributed by atoms with Crippen LogP contribution in [0.2, 0.25) is 0 Å². The van der Waals surface area contributed by atoms with Crippen LogP contribution in [-0.4, -0.2) is 10.7 Å². The van der Waals surface area contributed by atoms with Crippen molar-refractivity contribution in [2.24, 2.45) is 0 Å². The summed E-state index contributed by atoms with van der Waals surface area (Å²) in [5, 5.41) is 10.2. The molecule has 1 aromatic rings. The Labute approximate surface area is 115 Å². The fraction of sp³-hybridized carbons (Fsp3) is 0.529. The number of unbranched alkanes of at least 4 members (excludes halogenated alkanes) is 3. The molecule has 0 bridgehead atoms. The van der Waals surface area contributed by atoms with E-state index in [-0.39, 0.29) is 5.82 Å². The van der Waals surface area contributed by atoms with Gasteiger partial charge in [0.25, 0.3) is 0 Å². The lowest BCUT2D eigenvalue weighted by Gasteiger charge is -2.15. The highest BCUT2D eigenvalue weighted by Crippen LogP contribution is 2.15. The summed E-state index contributed by atoms with van der Waals surface area (Å²) < 4.78 is 13.1. The van der Waals surface area contributed by atoms with Gasteiger partial charge in [0.1, 0.15) is 11.4 Å². The molecule has 0 heterocycles. The number of hydrogen-bond acceptors (Lipinski definition) is 1. The summed E-state index contributed by atoms with van der Waals surface area (Å²) >= 11 is 0. The molecule has 0 amide bonds. The standard InChI is InChI=1S/C17H23FO/c1-4-5-6-7-11-17(3,19)12-10-15-13-16(18)9-8-14(15)2/h8-9,13,19H,4-7,11H2,1-3H3. The van der Waals surface area contributed by atoms with Crippen LogP contribution >= 0.6 is 0 Å². The average molecular weight is 262 g/mol. The molecule has 0 fully saturated rings. The van der Waals surface area contributed by atoms with Crippen molar-refractivity contribution in [1.82, 2.24) is 0 Å². The van der Waals surface area contributed by atoms with Crippen molar-refractivity contribution < 1.29 is 9.50 Å². The Morgan fingerprint density at radius 1 is 1.26 bits per heavy atom. The van der Waals surface area contributed by atoms with Crippen LogP contribution in [0.5, 0.6) is 0 Å². The van der Waals surface area contributed by atoms with Crippen LogP contribution in [0.4, 0.5) is 4.39 Å². The highest BCUT2D eigenvalue weighted by atomic mass is 19.1. The first-order valence-electron chi connectivity index (χ1n) is 6.96. The zero-order valence-electron chi connectivity index (χ0n) is 12.1. The monoisotopic (exact) mass is 262 g/mol. The Kier molecular flexibility index (Phi) is 6.05. The minimum Gasteiger partial charge on any atom is -0.378 e. The molecular formula is C17H23FO. The largest absolute Gasteiger partial charge is 0.378 e. The van der Waals surface area contributed by atoms with E-state index in [2.05, 4.69) is 18.8 Å². The van der Waals surface area contributed by atoms with Crippen molar-refractivity contribution in [3.8, 4) is 11.8 Å². The quantitative estimate of drug-likeness (QED) is 0.622. The van der Waals surface area contributed by atoms with E-state index in [1.807, 2.05) is 6.92 Å². The first-order chi connectivity index (χ1) is 8.94. The summed E-state index contributed by atoms with van der Waals surface area (Å²) in [4.78, 5) is 0. The maximum atomic E-state index is 13.1. The van der Waals surface area contributed by atoms with Gasteiger partial charge in [-0.1, -0.05) is 44.1 Å². The molecule has 1 aromatic carbocycles. The molecule has 0 aliphatic heterocycles. The Hall–Kier alpha value is -1.33. The Morgan fingerprint density at radius 2 is 2.00 bits per heavy atom. The fourth-order valence-corrected chi connectivity index (χ4v) is 1.89. The first kappa shape index (κ1) is 15.7. The molecule has 0 aliphatic rings. The van der Waals surface area contributed by atoms with Crippen LogP contribution in [0, 0.1) is 24.6 Å². The molecule has 2 heteroatoms. The zero-order valence-corrected chi connectivity index (χ0v) is 12.1. The van der Waals surface area contributed by atoms with Crippen molar-refractivity contribution in [2.45, 2.75) is 58.5 Å². The number of benzene rings is 1. The van der Waals surface area contributed by atoms with Crippen LogP contribution in [0.15, 0.2) is 18.2 Å². The second-order valence-corrected chi connectivity index (χ2v) is 5.29. The van der Waals surface area contributed by atoms with Gasteiger partial charge < -0.3 is 5.11 Å². The van der Waals surface area contributed by atoms with Crippen molar-refractivity contribution >= 4 is 0 Å². The zero-order chi connectivity index (χ0) is 14.3. The fourth-order valence-electron chi connectivity index (χ4n) is 1.89. The van der Waals surface area contributed by atoms with Gasteiger partial charge in [0, 0.05) is 5.56 Å². The molecule has 1 atom stereocenters. The van der Waals surface area contributed by atoms with Crippen LogP contribution in [0.3, 0.4) is 0 Å². The SMILES string of the molecule is CCCCCCC(C)(O)C#Cc1cc(F)ccc1C. The van der Waals surface area contributed by atoms with Gasteiger partial charge in [-0.3, -0.25) is 0 Å². The van der Waals surface area contributed by atoms with Crippen LogP contribution in [0.1, 0.15) is 57.1 Å². The first-order valence-corrected chi connectivity index (χ1v) is 6.96. The molecule has 1 N–H and O–H groups in total. The van der Waals surface area contributed by atoms with E-state index in [4.69, 9.17) is 0 Å². The van der Waals surface area contributed by atoms with Gasteiger partial charge in [-0.05, 0) is 44.4 Å². The average Bonchev–Trinajstić information content (AvgIpc) is 2.36. The van der Waals surface area contributed by atoms with Gasteiger partial charge >= 0.3 is 0 Å². The third-order valence-electron chi connectivity index (χ3n) is 3.18. The smallest absolute Gasteiger partial charge is 0.124 e. The Bertz CT molecular complexity index is 466. The third kappa shape index (κ3) is 5.89. The summed E-state index contributed by atoms with van der Waals surface area (Å²) in [6, 6.07) is 4.54. The minimum absolute atomic E-state index is 0.294. The van der Waals surface area contributed by atoms with E-state index in [0.29, 0.717) is 12.0 Å². The van der Waals surface area contributed by atoms with E-state index >= 15 is 0 Å². The molecule has 0 saturated heterocycles. The maximum Gasteiger partial charge on any atom is 0.124 e. The lowest BCUT2D eigenvalue weighted by molar-refractivity contribution is 0.109. The van der Waals surface area contributed by atoms with Gasteiger partial charge in [0.15, 0.2) is 0 Å². The molecular weight excluding hydrogens is 239 g/mol. The molecule has 0 aliphatic carbocycles. The van der Waals surface area contributed by atoms with E-state index in [0.717, 1.165) is 18.4 Å². The number of hydrogen-bond donors (Lipinski definition) is 1. The lowest BCUT2D eigenvalue weighted by Crippen LogP contribution is -2.21. The molecule has 0 aromatic heterocycles. The van der Waals surface area contributed by atoms with Crippen molar-refractivity contribution in [3.05, 3.63) is 35.1 Å². The number of rotatable bonds is 5. The predicted octanol–water partition coefficient (Wildman–Crippen LogP) is 4.21. The molecule has 1 unspecified atom stereocenters. The third-order valence-corrected chi connectivity index (χ3v) is 3.18. The summed E-state index contributed by atoms with van der Waals surface area (Å²) in [7, 11) is 0. The highest BCUT2D eigenvalue weighted by Gasteiger charge is 2.15. The van der Waals surface area contributed by atoms with Gasteiger partial charge in [0.2, 0.25) is 0 Å². The molecule has 19 heavy (non-hydrogen) atoms. The van der Waals surface area contributed by atoms with Gasteiger partial charge in [-0.15, -0.1) is 0 Å². The normalized spacial score (nSPS) is 13.5. The predicted molar refractivity (Wildman–Crippen MR) is 77.4 cm³/mol. The highest BCUT2D eigenvalue weighted by molar-refractivity contribution is 5.42. The summed E-state index contributed by atoms with van der Waals surface area (Å²) in [6.45, 7) is 5.77. The van der Waals surface area contributed by atoms with Crippen molar-refractivity contribution in [1.29, 1.82) is 0 Å². The van der Waals surface area contributed by atoms with E-state index in [1.165, 1.54) is 25.0 Å². The Morgan fingerprint density at radius 3 is 2.68 bits per heavy atom. The summed E-state index contributed by atoms with van der Waals surface area (Å²) in [5.41, 5.74) is 0.580. The number of aryl methyl sites for hydroxylation is 1. The molecule has 1 rings (SSSR count). The Balaban J connectivity index is 2.66. The number of aliphatic hydroxyl groups is 1. The molecule has 0 spiro atoms. The molecule has 1 nitrogen and oxygen atoms in total. The van der Waals surface area contributed by atoms with Crippen molar-refractivity contribution in [2.75, 3.05) is 0 Å². The van der Waals surface area contributed by atoms with E-state index in [1.54, 1.807) is 13.0 Å². The second-order valence-electron chi connectivity index (χ2n) is 5.29. The van der Waals surface area contributed by atoms with Crippen LogP contribution in [-0.2, 0) is 0 Å². The maximum absolute atomic E-state index is 13.1. The second kappa shape index (κ2) is 7.31. The molecule has 0 saturated carbocycles. The van der Waals surface area contributed by atoms with Gasteiger partial charge in [0.05, 0.1) is 0 Å². The lowest BCUT2D eigenvalue weighted by atomic mass is 9.97. The number of halogens is 1. The minimum atomic E-state index is -0.994. The van der Waals surface area contributed by atoms with Crippen molar-refractivity contribution in [3.63, 3.8) is 0 Å². The van der Waals surface area contributed by atoms with Crippen LogP contribution in [0.25, 0.3) is 0 Å². The summed E-state index contributed by atoms with van der Waals surface area (Å²) in [5.74, 6) is 5.46. The topological polar surface area (TPSA) is 20.2 Å². The molecule has 0 radical (unpaired) electrons. The van der Waals surface area contributed by atoms with Gasteiger partial charge in [-0.25, -0.2) is 4.39 Å². The van der Waals surface area contributed by atoms with Gasteiger partial charge in [-0.2, -0.15) is 0 Å². The van der Waals surface area contributed by atoms with E-state index in [9.17, 15) is 9.50 Å².